The number of pyridine rings is 1. The standard InChI is InChI=1S/C34H38ClF2NO2Si/c1-8-9-24(21-10-12-23(13-11-21)33(39)40-34(2,3)4)20-27-29-26(22-14-16-25(35)17-15-22)18-19-28(41(5,6)7)31(29)38-32(37)30(27)36/h10-19,24H,8-9,20H2,1-7H3/t24-/m0/s1. The van der Waals surface area contributed by atoms with E-state index in [2.05, 4.69) is 31.5 Å². The van der Waals surface area contributed by atoms with Crippen LogP contribution in [-0.4, -0.2) is 24.6 Å². The van der Waals surface area contributed by atoms with E-state index >= 15 is 8.78 Å². The molecule has 0 spiro atoms. The van der Waals surface area contributed by atoms with Crippen molar-refractivity contribution in [3.63, 3.8) is 0 Å². The second-order valence-electron chi connectivity index (χ2n) is 12.6. The first-order valence-electron chi connectivity index (χ1n) is 14.1. The molecule has 4 rings (SSSR count). The van der Waals surface area contributed by atoms with E-state index in [4.69, 9.17) is 16.3 Å². The third kappa shape index (κ3) is 7.04. The van der Waals surface area contributed by atoms with Gasteiger partial charge in [-0.15, -0.1) is 0 Å². The van der Waals surface area contributed by atoms with Crippen LogP contribution in [0.3, 0.4) is 0 Å². The highest BCUT2D eigenvalue weighted by atomic mass is 35.5. The molecule has 7 heteroatoms. The zero-order chi connectivity index (χ0) is 30.1. The summed E-state index contributed by atoms with van der Waals surface area (Å²) in [5.41, 5.74) is 3.34. The van der Waals surface area contributed by atoms with Gasteiger partial charge in [0.15, 0.2) is 5.82 Å². The fourth-order valence-electron chi connectivity index (χ4n) is 5.27. The molecule has 0 amide bonds. The number of hydrogen-bond donors (Lipinski definition) is 0. The Labute approximate surface area is 247 Å². The Morgan fingerprint density at radius 2 is 1.61 bits per heavy atom. The van der Waals surface area contributed by atoms with Crippen LogP contribution < -0.4 is 5.19 Å². The molecule has 41 heavy (non-hydrogen) atoms. The van der Waals surface area contributed by atoms with Crippen molar-refractivity contribution in [3.8, 4) is 11.1 Å². The first kappa shape index (κ1) is 30.9. The number of aromatic nitrogens is 1. The van der Waals surface area contributed by atoms with Crippen LogP contribution in [0.4, 0.5) is 8.78 Å². The van der Waals surface area contributed by atoms with Crippen molar-refractivity contribution in [3.05, 3.63) is 94.1 Å². The van der Waals surface area contributed by atoms with Crippen molar-refractivity contribution in [1.29, 1.82) is 0 Å². The van der Waals surface area contributed by atoms with Gasteiger partial charge in [-0.2, -0.15) is 4.39 Å². The van der Waals surface area contributed by atoms with E-state index in [-0.39, 0.29) is 12.3 Å². The number of fused-ring (bicyclic) bond motifs is 1. The van der Waals surface area contributed by atoms with Gasteiger partial charge < -0.3 is 4.74 Å². The Morgan fingerprint density at radius 1 is 0.976 bits per heavy atom. The van der Waals surface area contributed by atoms with Crippen LogP contribution in [0, 0.1) is 11.8 Å². The molecule has 1 aromatic heterocycles. The average Bonchev–Trinajstić information content (AvgIpc) is 2.89. The fourth-order valence-corrected chi connectivity index (χ4v) is 6.87. The molecule has 0 aliphatic carbocycles. The van der Waals surface area contributed by atoms with E-state index in [0.717, 1.165) is 34.7 Å². The highest BCUT2D eigenvalue weighted by Gasteiger charge is 2.28. The lowest BCUT2D eigenvalue weighted by molar-refractivity contribution is 0.00694. The molecule has 0 N–H and O–H groups in total. The number of rotatable bonds is 8. The van der Waals surface area contributed by atoms with Gasteiger partial charge in [0.2, 0.25) is 5.95 Å². The molecular weight excluding hydrogens is 556 g/mol. The summed E-state index contributed by atoms with van der Waals surface area (Å²) >= 11 is 6.17. The van der Waals surface area contributed by atoms with E-state index in [9.17, 15) is 4.79 Å². The average molecular weight is 594 g/mol. The number of ether oxygens (including phenoxy) is 1. The Balaban J connectivity index is 1.88. The lowest BCUT2D eigenvalue weighted by atomic mass is 9.85. The van der Waals surface area contributed by atoms with Crippen molar-refractivity contribution in [2.24, 2.45) is 0 Å². The second kappa shape index (κ2) is 12.0. The molecular formula is C34H38ClF2NO2Si. The minimum atomic E-state index is -1.96. The number of benzene rings is 3. The molecule has 0 aliphatic rings. The molecule has 3 aromatic carbocycles. The molecule has 3 nitrogen and oxygen atoms in total. The van der Waals surface area contributed by atoms with Crippen LogP contribution in [0.1, 0.15) is 67.9 Å². The van der Waals surface area contributed by atoms with Gasteiger partial charge in [0, 0.05) is 16.0 Å². The lowest BCUT2D eigenvalue weighted by Crippen LogP contribution is -2.38. The normalized spacial score (nSPS) is 12.9. The van der Waals surface area contributed by atoms with Crippen LogP contribution in [-0.2, 0) is 11.2 Å². The summed E-state index contributed by atoms with van der Waals surface area (Å²) in [6, 6.07) is 18.7. The Hall–Kier alpha value is -3.09. The molecule has 0 saturated carbocycles. The Bertz CT molecular complexity index is 1560. The number of carbonyl (C=O) groups excluding carboxylic acids is 1. The Kier molecular flexibility index (Phi) is 9.05. The Morgan fingerprint density at radius 3 is 2.17 bits per heavy atom. The maximum absolute atomic E-state index is 15.9. The van der Waals surface area contributed by atoms with Crippen molar-refractivity contribution in [2.75, 3.05) is 0 Å². The molecule has 0 bridgehead atoms. The topological polar surface area (TPSA) is 39.2 Å². The van der Waals surface area contributed by atoms with Crippen molar-refractivity contribution in [1.82, 2.24) is 4.98 Å². The smallest absolute Gasteiger partial charge is 0.338 e. The second-order valence-corrected chi connectivity index (χ2v) is 18.1. The number of hydrogen-bond acceptors (Lipinski definition) is 3. The summed E-state index contributed by atoms with van der Waals surface area (Å²) in [5, 5.41) is 2.24. The van der Waals surface area contributed by atoms with Crippen molar-refractivity contribution in [2.45, 2.75) is 78.1 Å². The van der Waals surface area contributed by atoms with Crippen molar-refractivity contribution >= 4 is 41.7 Å². The first-order chi connectivity index (χ1) is 19.2. The molecule has 216 valence electrons. The van der Waals surface area contributed by atoms with Gasteiger partial charge in [-0.05, 0) is 85.7 Å². The first-order valence-corrected chi connectivity index (χ1v) is 18.0. The van der Waals surface area contributed by atoms with Crippen LogP contribution >= 0.6 is 11.6 Å². The largest absolute Gasteiger partial charge is 0.456 e. The predicted octanol–water partition coefficient (Wildman–Crippen LogP) is 9.46. The van der Waals surface area contributed by atoms with Crippen LogP contribution in [0.15, 0.2) is 60.7 Å². The SMILES string of the molecule is CCC[C@@H](Cc1c(F)c(F)nc2c([Si](C)(C)C)ccc(-c3ccc(Cl)cc3)c12)c1ccc(C(=O)OC(C)(C)C)cc1. The molecule has 1 heterocycles. The number of carbonyl (C=O) groups is 1. The molecule has 0 unspecified atom stereocenters. The summed E-state index contributed by atoms with van der Waals surface area (Å²) < 4.78 is 36.6. The highest BCUT2D eigenvalue weighted by molar-refractivity contribution is 6.90. The van der Waals surface area contributed by atoms with Gasteiger partial charge in [0.1, 0.15) is 5.60 Å². The quantitative estimate of drug-likeness (QED) is 0.116. The van der Waals surface area contributed by atoms with Gasteiger partial charge in [-0.25, -0.2) is 14.2 Å². The number of nitrogens with zero attached hydrogens (tertiary/aromatic N) is 1. The minimum absolute atomic E-state index is 0.0965. The minimum Gasteiger partial charge on any atom is -0.456 e. The van der Waals surface area contributed by atoms with Gasteiger partial charge >= 0.3 is 5.97 Å². The molecule has 4 aromatic rings. The molecule has 0 saturated heterocycles. The lowest BCUT2D eigenvalue weighted by Gasteiger charge is -2.24. The zero-order valence-electron chi connectivity index (χ0n) is 24.9. The van der Waals surface area contributed by atoms with Crippen LogP contribution in [0.2, 0.25) is 24.7 Å². The number of esters is 1. The van der Waals surface area contributed by atoms with Crippen molar-refractivity contribution < 1.29 is 18.3 Å². The third-order valence-corrected chi connectivity index (χ3v) is 9.47. The number of halogens is 3. The zero-order valence-corrected chi connectivity index (χ0v) is 26.6. The summed E-state index contributed by atoms with van der Waals surface area (Å²) in [4.78, 5) is 16.8. The molecule has 0 radical (unpaired) electrons. The van der Waals surface area contributed by atoms with E-state index in [0.29, 0.717) is 27.1 Å². The third-order valence-electron chi connectivity index (χ3n) is 7.20. The maximum Gasteiger partial charge on any atom is 0.338 e. The van der Waals surface area contributed by atoms with Gasteiger partial charge in [0.05, 0.1) is 19.2 Å². The summed E-state index contributed by atoms with van der Waals surface area (Å²) in [6.45, 7) is 14.1. The van der Waals surface area contributed by atoms with E-state index in [1.54, 1.807) is 24.3 Å². The van der Waals surface area contributed by atoms with E-state index in [1.165, 1.54) is 0 Å². The molecule has 1 atom stereocenters. The summed E-state index contributed by atoms with van der Waals surface area (Å²) in [5.74, 6) is -2.47. The van der Waals surface area contributed by atoms with E-state index < -0.39 is 31.4 Å². The molecule has 0 fully saturated rings. The van der Waals surface area contributed by atoms with Crippen LogP contribution in [0.5, 0.6) is 0 Å². The van der Waals surface area contributed by atoms with E-state index in [1.807, 2.05) is 57.2 Å². The van der Waals surface area contributed by atoms with Gasteiger partial charge in [0.25, 0.3) is 0 Å². The van der Waals surface area contributed by atoms with Gasteiger partial charge in [-0.1, -0.05) is 81.0 Å². The fraction of sp³-hybridized carbons (Fsp3) is 0.353. The summed E-state index contributed by atoms with van der Waals surface area (Å²) in [6.07, 6.45) is 1.91. The highest BCUT2D eigenvalue weighted by Crippen LogP contribution is 2.37. The van der Waals surface area contributed by atoms with Crippen LogP contribution in [0.25, 0.3) is 22.0 Å². The predicted molar refractivity (Wildman–Crippen MR) is 168 cm³/mol. The monoisotopic (exact) mass is 593 g/mol. The maximum atomic E-state index is 15.9. The molecule has 0 aliphatic heterocycles. The summed E-state index contributed by atoms with van der Waals surface area (Å²) in [7, 11) is -1.96. The van der Waals surface area contributed by atoms with Gasteiger partial charge in [-0.3, -0.25) is 0 Å².